The summed E-state index contributed by atoms with van der Waals surface area (Å²) in [6.45, 7) is -0.128. The highest BCUT2D eigenvalue weighted by atomic mass is 16.5. The molecule has 7 rings (SSSR count). The molecule has 4 aromatic rings. The van der Waals surface area contributed by atoms with Crippen LogP contribution in [0.2, 0.25) is 0 Å². The van der Waals surface area contributed by atoms with E-state index in [9.17, 15) is 14.4 Å². The molecule has 1 fully saturated rings. The van der Waals surface area contributed by atoms with E-state index in [1.54, 1.807) is 55.6 Å². The normalized spacial score (nSPS) is 22.4. The maximum absolute atomic E-state index is 14.9. The van der Waals surface area contributed by atoms with Gasteiger partial charge in [-0.3, -0.25) is 14.4 Å². The predicted octanol–water partition coefficient (Wildman–Crippen LogP) is 5.58. The maximum atomic E-state index is 14.9. The second-order valence-electron chi connectivity index (χ2n) is 11.0. The molecule has 3 heterocycles. The summed E-state index contributed by atoms with van der Waals surface area (Å²) in [6.07, 6.45) is 3.78. The first-order chi connectivity index (χ1) is 21.5. The van der Waals surface area contributed by atoms with Crippen LogP contribution in [0.4, 0.5) is 5.69 Å². The van der Waals surface area contributed by atoms with Crippen molar-refractivity contribution in [3.05, 3.63) is 131 Å². The van der Waals surface area contributed by atoms with E-state index >= 15 is 0 Å². The first-order valence-electron chi connectivity index (χ1n) is 14.3. The second kappa shape index (κ2) is 10.5. The van der Waals surface area contributed by atoms with E-state index in [1.165, 1.54) is 0 Å². The number of nitrogens with zero attached hydrogens (tertiary/aromatic N) is 2. The fourth-order valence-corrected chi connectivity index (χ4v) is 7.10. The number of para-hydroxylation sites is 1. The molecule has 0 unspecified atom stereocenters. The van der Waals surface area contributed by atoms with Crippen LogP contribution in [0.5, 0.6) is 11.5 Å². The quantitative estimate of drug-likeness (QED) is 0.284. The van der Waals surface area contributed by atoms with Crippen LogP contribution in [0.15, 0.2) is 103 Å². The van der Waals surface area contributed by atoms with Crippen molar-refractivity contribution in [2.75, 3.05) is 19.0 Å². The van der Waals surface area contributed by atoms with Crippen molar-refractivity contribution in [2.45, 2.75) is 17.5 Å². The van der Waals surface area contributed by atoms with Gasteiger partial charge < -0.3 is 19.7 Å². The van der Waals surface area contributed by atoms with E-state index < -0.39 is 23.4 Å². The van der Waals surface area contributed by atoms with Crippen LogP contribution >= 0.6 is 0 Å². The van der Waals surface area contributed by atoms with Gasteiger partial charge in [0.15, 0.2) is 18.2 Å². The Morgan fingerprint density at radius 1 is 0.886 bits per heavy atom. The molecular formula is C36H27N3O5. The molecule has 0 aliphatic carbocycles. The van der Waals surface area contributed by atoms with E-state index in [2.05, 4.69) is 5.32 Å². The summed E-state index contributed by atoms with van der Waals surface area (Å²) < 4.78 is 10.7. The lowest BCUT2D eigenvalue weighted by atomic mass is 9.62. The lowest BCUT2D eigenvalue weighted by Crippen LogP contribution is -2.49. The van der Waals surface area contributed by atoms with Gasteiger partial charge in [0.1, 0.15) is 29.0 Å². The lowest BCUT2D eigenvalue weighted by molar-refractivity contribution is -0.122. The Balaban J connectivity index is 1.46. The number of benzene rings is 4. The first-order valence-corrected chi connectivity index (χ1v) is 14.3. The molecule has 216 valence electrons. The minimum atomic E-state index is -1.42. The van der Waals surface area contributed by atoms with Crippen LogP contribution < -0.4 is 14.8 Å². The number of anilines is 1. The summed E-state index contributed by atoms with van der Waals surface area (Å²) >= 11 is 0. The number of nitriles is 1. The molecule has 8 heteroatoms. The minimum absolute atomic E-state index is 0.128. The van der Waals surface area contributed by atoms with Crippen LogP contribution in [-0.4, -0.2) is 42.1 Å². The number of rotatable bonds is 7. The predicted molar refractivity (Wildman–Crippen MR) is 163 cm³/mol. The number of methoxy groups -OCH3 is 1. The molecule has 3 aliphatic heterocycles. The topological polar surface area (TPSA) is 109 Å². The van der Waals surface area contributed by atoms with E-state index in [4.69, 9.17) is 14.7 Å². The SMILES string of the molecule is COc1ccc(C(=O)[C@@H]2[C@H](C(=O)c3ccc(OCC#N)cc3)[C@@]3(C(=O)Nc4ccccc43)[C@@H]3c4ccccc4C=CN23)cc1. The van der Waals surface area contributed by atoms with Crippen molar-refractivity contribution in [3.8, 4) is 17.6 Å². The second-order valence-corrected chi connectivity index (χ2v) is 11.0. The number of ether oxygens (including phenoxy) is 2. The first kappa shape index (κ1) is 27.2. The van der Waals surface area contributed by atoms with Crippen molar-refractivity contribution in [2.24, 2.45) is 5.92 Å². The fourth-order valence-electron chi connectivity index (χ4n) is 7.10. The molecule has 1 amide bonds. The summed E-state index contributed by atoms with van der Waals surface area (Å²) in [5.74, 6) is -0.986. The van der Waals surface area contributed by atoms with E-state index in [0.717, 1.165) is 11.1 Å². The zero-order valence-corrected chi connectivity index (χ0v) is 23.8. The average Bonchev–Trinajstić information content (AvgIpc) is 3.55. The van der Waals surface area contributed by atoms with Crippen LogP contribution in [0.1, 0.15) is 43.4 Å². The molecule has 0 aromatic heterocycles. The van der Waals surface area contributed by atoms with Gasteiger partial charge in [0.25, 0.3) is 0 Å². The highest BCUT2D eigenvalue weighted by molar-refractivity contribution is 6.16. The number of hydrogen-bond donors (Lipinski definition) is 1. The summed E-state index contributed by atoms with van der Waals surface area (Å²) in [4.78, 5) is 46.0. The highest BCUT2D eigenvalue weighted by Gasteiger charge is 2.70. The molecule has 0 saturated carbocycles. The van der Waals surface area contributed by atoms with Gasteiger partial charge in [-0.2, -0.15) is 5.26 Å². The molecule has 1 N–H and O–H groups in total. The monoisotopic (exact) mass is 581 g/mol. The van der Waals surface area contributed by atoms with Crippen molar-refractivity contribution >= 4 is 29.2 Å². The number of ketones is 2. The van der Waals surface area contributed by atoms with Gasteiger partial charge in [-0.15, -0.1) is 0 Å². The van der Waals surface area contributed by atoms with Gasteiger partial charge in [0, 0.05) is 23.0 Å². The Labute approximate surface area is 254 Å². The van der Waals surface area contributed by atoms with Crippen molar-refractivity contribution in [3.63, 3.8) is 0 Å². The summed E-state index contributed by atoms with van der Waals surface area (Å²) in [5, 5.41) is 12.0. The zero-order valence-electron chi connectivity index (χ0n) is 23.8. The molecular weight excluding hydrogens is 554 g/mol. The third kappa shape index (κ3) is 3.93. The molecule has 0 bridgehead atoms. The van der Waals surface area contributed by atoms with Gasteiger partial charge in [0.2, 0.25) is 5.91 Å². The average molecular weight is 582 g/mol. The van der Waals surface area contributed by atoms with E-state index in [1.807, 2.05) is 71.8 Å². The van der Waals surface area contributed by atoms with Crippen LogP contribution in [-0.2, 0) is 10.2 Å². The smallest absolute Gasteiger partial charge is 0.238 e. The third-order valence-electron chi connectivity index (χ3n) is 8.94. The van der Waals surface area contributed by atoms with Crippen LogP contribution in [0.25, 0.3) is 6.08 Å². The number of nitrogens with one attached hydrogen (secondary N) is 1. The minimum Gasteiger partial charge on any atom is -0.497 e. The van der Waals surface area contributed by atoms with Gasteiger partial charge in [-0.05, 0) is 77.4 Å². The highest BCUT2D eigenvalue weighted by Crippen LogP contribution is 2.62. The van der Waals surface area contributed by atoms with Gasteiger partial charge in [0.05, 0.1) is 19.1 Å². The maximum Gasteiger partial charge on any atom is 0.238 e. The van der Waals surface area contributed by atoms with E-state index in [-0.39, 0.29) is 24.1 Å². The molecule has 1 spiro atoms. The van der Waals surface area contributed by atoms with Crippen molar-refractivity contribution in [1.29, 1.82) is 5.26 Å². The van der Waals surface area contributed by atoms with Gasteiger partial charge in [-0.1, -0.05) is 42.5 Å². The van der Waals surface area contributed by atoms with Crippen molar-refractivity contribution in [1.82, 2.24) is 4.90 Å². The summed E-state index contributed by atoms with van der Waals surface area (Å²) in [7, 11) is 1.56. The number of carbonyl (C=O) groups is 3. The van der Waals surface area contributed by atoms with Crippen LogP contribution in [0, 0.1) is 17.2 Å². The Bertz CT molecular complexity index is 1880. The Morgan fingerprint density at radius 3 is 2.27 bits per heavy atom. The summed E-state index contributed by atoms with van der Waals surface area (Å²) in [5.41, 5.74) is 2.42. The molecule has 4 aromatic carbocycles. The van der Waals surface area contributed by atoms with Gasteiger partial charge in [-0.25, -0.2) is 0 Å². The van der Waals surface area contributed by atoms with Gasteiger partial charge >= 0.3 is 0 Å². The molecule has 3 aliphatic rings. The number of carbonyl (C=O) groups excluding carboxylic acids is 3. The number of hydrogen-bond acceptors (Lipinski definition) is 7. The molecule has 0 radical (unpaired) electrons. The standard InChI is InChI=1S/C36H27N3O5/c1-43-25-14-10-24(11-15-25)33(41)31-30(32(40)23-12-16-26(17-13-23)44-21-19-37)36(28-8-4-5-9-29(28)38-35(36)42)34-27-7-3-2-6-22(27)18-20-39(31)34/h2-18,20,30-31,34H,21H2,1H3,(H,38,42)/t30-,31+,34+,36-/m1/s1. The lowest BCUT2D eigenvalue weighted by Gasteiger charge is -2.38. The number of Topliss-reactive ketones (excluding diaryl/α,β-unsaturated/α-hetero) is 2. The number of amides is 1. The third-order valence-corrected chi connectivity index (χ3v) is 8.94. The Hall–Kier alpha value is -5.68. The fraction of sp³-hybridized carbons (Fsp3) is 0.167. The van der Waals surface area contributed by atoms with E-state index in [0.29, 0.717) is 33.9 Å². The molecule has 44 heavy (non-hydrogen) atoms. The van der Waals surface area contributed by atoms with Crippen LogP contribution in [0.3, 0.4) is 0 Å². The molecule has 8 nitrogen and oxygen atoms in total. The largest absolute Gasteiger partial charge is 0.497 e. The Kier molecular flexibility index (Phi) is 6.51. The summed E-state index contributed by atoms with van der Waals surface area (Å²) in [6, 6.07) is 28.8. The number of fused-ring (bicyclic) bond motifs is 6. The van der Waals surface area contributed by atoms with Crippen molar-refractivity contribution < 1.29 is 23.9 Å². The Morgan fingerprint density at radius 2 is 1.55 bits per heavy atom. The zero-order chi connectivity index (χ0) is 30.4. The molecule has 4 atom stereocenters. The molecule has 1 saturated heterocycles.